The molecule has 1 aliphatic heterocycles. The Morgan fingerprint density at radius 3 is 2.81 bits per heavy atom. The minimum atomic E-state index is -0.0200. The molecule has 0 aromatic carbocycles. The van der Waals surface area contributed by atoms with Crippen LogP contribution in [0.1, 0.15) is 32.1 Å². The summed E-state index contributed by atoms with van der Waals surface area (Å²) in [6.07, 6.45) is 6.39. The van der Waals surface area contributed by atoms with E-state index in [0.717, 1.165) is 25.4 Å². The number of piperidine rings is 1. The molecule has 5 nitrogen and oxygen atoms in total. The molecule has 0 N–H and O–H groups in total. The van der Waals surface area contributed by atoms with Gasteiger partial charge < -0.3 is 4.90 Å². The molecule has 2 atom stereocenters. The number of rotatable bonds is 2. The number of fused-ring (bicyclic) bond motifs is 1. The second-order valence-electron chi connectivity index (χ2n) is 4.82. The van der Waals surface area contributed by atoms with Gasteiger partial charge in [0.25, 0.3) is 0 Å². The van der Waals surface area contributed by atoms with Gasteiger partial charge in [-0.3, -0.25) is 4.79 Å². The summed E-state index contributed by atoms with van der Waals surface area (Å²) in [6, 6.07) is 0. The third-order valence-electron chi connectivity index (χ3n) is 3.91. The third-order valence-corrected chi connectivity index (χ3v) is 3.91. The Labute approximate surface area is 95.4 Å². The lowest BCUT2D eigenvalue weighted by atomic mass is 9.75. The van der Waals surface area contributed by atoms with Gasteiger partial charge in [0.05, 0.1) is 0 Å². The van der Waals surface area contributed by atoms with E-state index < -0.39 is 0 Å². The maximum Gasteiger partial charge on any atom is 0.228 e. The summed E-state index contributed by atoms with van der Waals surface area (Å²) in [5.41, 5.74) is 8.19. The van der Waals surface area contributed by atoms with E-state index >= 15 is 0 Å². The number of likely N-dealkylation sites (tertiary alicyclic amines) is 1. The molecular formula is C11H18N4O. The number of hydrogen-bond donors (Lipinski definition) is 0. The Hall–Kier alpha value is -1.22. The number of carbonyl (C=O) groups excluding carboxylic acids is 1. The van der Waals surface area contributed by atoms with Gasteiger partial charge in [-0.1, -0.05) is 24.4 Å². The van der Waals surface area contributed by atoms with Crippen molar-refractivity contribution in [1.82, 2.24) is 4.90 Å². The lowest BCUT2D eigenvalue weighted by Crippen LogP contribution is -2.45. The maximum atomic E-state index is 11.7. The fourth-order valence-corrected chi connectivity index (χ4v) is 3.02. The summed E-state index contributed by atoms with van der Waals surface area (Å²) in [5.74, 6) is 1.51. The van der Waals surface area contributed by atoms with Crippen LogP contribution in [0.15, 0.2) is 5.11 Å². The summed E-state index contributed by atoms with van der Waals surface area (Å²) in [4.78, 5) is 16.2. The first-order valence-electron chi connectivity index (χ1n) is 6.10. The highest BCUT2D eigenvalue weighted by Gasteiger charge is 2.32. The zero-order valence-electron chi connectivity index (χ0n) is 9.51. The Bertz CT molecular complexity index is 311. The molecule has 0 spiro atoms. The van der Waals surface area contributed by atoms with Gasteiger partial charge in [0.1, 0.15) is 6.54 Å². The quantitative estimate of drug-likeness (QED) is 0.401. The normalized spacial score (nSPS) is 29.1. The maximum absolute atomic E-state index is 11.7. The zero-order chi connectivity index (χ0) is 11.4. The van der Waals surface area contributed by atoms with Crippen LogP contribution in [0.4, 0.5) is 0 Å². The summed E-state index contributed by atoms with van der Waals surface area (Å²) in [7, 11) is 0. The van der Waals surface area contributed by atoms with Gasteiger partial charge in [0, 0.05) is 18.0 Å². The van der Waals surface area contributed by atoms with E-state index in [-0.39, 0.29) is 12.5 Å². The van der Waals surface area contributed by atoms with Crippen LogP contribution in [-0.4, -0.2) is 30.4 Å². The second kappa shape index (κ2) is 5.21. The smallest absolute Gasteiger partial charge is 0.228 e. The van der Waals surface area contributed by atoms with Crippen molar-refractivity contribution in [2.24, 2.45) is 17.0 Å². The van der Waals surface area contributed by atoms with E-state index in [1.165, 1.54) is 25.7 Å². The van der Waals surface area contributed by atoms with Crippen LogP contribution < -0.4 is 0 Å². The summed E-state index contributed by atoms with van der Waals surface area (Å²) in [5, 5.41) is 3.34. The predicted octanol–water partition coefficient (Wildman–Crippen LogP) is 2.34. The topological polar surface area (TPSA) is 69.1 Å². The SMILES string of the molecule is [N-]=[N+]=NCC(=O)N1CCC2CCCCC2C1. The van der Waals surface area contributed by atoms with Crippen LogP contribution in [-0.2, 0) is 4.79 Å². The fourth-order valence-electron chi connectivity index (χ4n) is 3.02. The Morgan fingerprint density at radius 2 is 2.06 bits per heavy atom. The van der Waals surface area contributed by atoms with Gasteiger partial charge in [-0.25, -0.2) is 0 Å². The highest BCUT2D eigenvalue weighted by Crippen LogP contribution is 2.35. The zero-order valence-corrected chi connectivity index (χ0v) is 9.51. The molecule has 0 aromatic heterocycles. The van der Waals surface area contributed by atoms with Crippen LogP contribution in [0.25, 0.3) is 10.4 Å². The summed E-state index contributed by atoms with van der Waals surface area (Å²) >= 11 is 0. The summed E-state index contributed by atoms with van der Waals surface area (Å²) < 4.78 is 0. The van der Waals surface area contributed by atoms with Crippen LogP contribution >= 0.6 is 0 Å². The molecule has 88 valence electrons. The van der Waals surface area contributed by atoms with Gasteiger partial charge in [-0.05, 0) is 30.2 Å². The molecule has 0 radical (unpaired) electrons. The molecule has 1 saturated heterocycles. The van der Waals surface area contributed by atoms with E-state index in [9.17, 15) is 4.79 Å². The number of amides is 1. The van der Waals surface area contributed by atoms with Crippen molar-refractivity contribution in [2.75, 3.05) is 19.6 Å². The standard InChI is InChI=1S/C11H18N4O/c12-14-13-7-11(16)15-6-5-9-3-1-2-4-10(9)8-15/h9-10H,1-8H2. The monoisotopic (exact) mass is 222 g/mol. The van der Waals surface area contributed by atoms with E-state index in [1.54, 1.807) is 0 Å². The van der Waals surface area contributed by atoms with E-state index in [4.69, 9.17) is 5.53 Å². The van der Waals surface area contributed by atoms with Crippen molar-refractivity contribution in [3.63, 3.8) is 0 Å². The van der Waals surface area contributed by atoms with Gasteiger partial charge in [-0.15, -0.1) is 0 Å². The molecule has 5 heteroatoms. The first-order chi connectivity index (χ1) is 7.81. The molecule has 1 heterocycles. The molecule has 0 bridgehead atoms. The molecule has 0 aromatic rings. The highest BCUT2D eigenvalue weighted by molar-refractivity contribution is 5.78. The fraction of sp³-hybridized carbons (Fsp3) is 0.909. The number of nitrogens with zero attached hydrogens (tertiary/aromatic N) is 4. The van der Waals surface area contributed by atoms with Crippen molar-refractivity contribution in [3.05, 3.63) is 10.4 Å². The highest BCUT2D eigenvalue weighted by atomic mass is 16.2. The van der Waals surface area contributed by atoms with Gasteiger partial charge in [0.2, 0.25) is 5.91 Å². The molecular weight excluding hydrogens is 204 g/mol. The Morgan fingerprint density at radius 1 is 1.31 bits per heavy atom. The predicted molar refractivity (Wildman–Crippen MR) is 60.7 cm³/mol. The largest absolute Gasteiger partial charge is 0.342 e. The molecule has 16 heavy (non-hydrogen) atoms. The first-order valence-corrected chi connectivity index (χ1v) is 6.10. The molecule has 1 amide bonds. The Balaban J connectivity index is 1.89. The van der Waals surface area contributed by atoms with E-state index in [1.807, 2.05) is 4.90 Å². The van der Waals surface area contributed by atoms with Crippen molar-refractivity contribution >= 4 is 5.91 Å². The van der Waals surface area contributed by atoms with E-state index in [0.29, 0.717) is 5.92 Å². The lowest BCUT2D eigenvalue weighted by Gasteiger charge is -2.41. The van der Waals surface area contributed by atoms with Crippen LogP contribution in [0.5, 0.6) is 0 Å². The van der Waals surface area contributed by atoms with Crippen molar-refractivity contribution < 1.29 is 4.79 Å². The van der Waals surface area contributed by atoms with Gasteiger partial charge in [0.15, 0.2) is 0 Å². The molecule has 1 saturated carbocycles. The first kappa shape index (κ1) is 11.3. The average Bonchev–Trinajstić information content (AvgIpc) is 2.35. The molecule has 2 aliphatic rings. The minimum Gasteiger partial charge on any atom is -0.342 e. The van der Waals surface area contributed by atoms with Crippen molar-refractivity contribution in [2.45, 2.75) is 32.1 Å². The van der Waals surface area contributed by atoms with Crippen LogP contribution in [0.2, 0.25) is 0 Å². The molecule has 1 aliphatic carbocycles. The van der Waals surface area contributed by atoms with Crippen molar-refractivity contribution in [1.29, 1.82) is 0 Å². The third kappa shape index (κ3) is 2.47. The Kier molecular flexibility index (Phi) is 3.67. The van der Waals surface area contributed by atoms with Gasteiger partial charge in [-0.2, -0.15) is 0 Å². The van der Waals surface area contributed by atoms with Crippen LogP contribution in [0.3, 0.4) is 0 Å². The number of azide groups is 1. The van der Waals surface area contributed by atoms with E-state index in [2.05, 4.69) is 10.0 Å². The average molecular weight is 222 g/mol. The lowest BCUT2D eigenvalue weighted by molar-refractivity contribution is -0.132. The molecule has 2 fully saturated rings. The van der Waals surface area contributed by atoms with Gasteiger partial charge >= 0.3 is 0 Å². The summed E-state index contributed by atoms with van der Waals surface area (Å²) in [6.45, 7) is 1.71. The minimum absolute atomic E-state index is 0.0122. The number of hydrogen-bond acceptors (Lipinski definition) is 2. The molecule has 2 rings (SSSR count). The van der Waals surface area contributed by atoms with Crippen LogP contribution in [0, 0.1) is 11.8 Å². The number of carbonyl (C=O) groups is 1. The second-order valence-corrected chi connectivity index (χ2v) is 4.82. The molecule has 2 unspecified atom stereocenters. The van der Waals surface area contributed by atoms with Crippen molar-refractivity contribution in [3.8, 4) is 0 Å².